The van der Waals surface area contributed by atoms with Crippen molar-refractivity contribution in [1.82, 2.24) is 20.2 Å². The number of nitrogens with one attached hydrogen (secondary N) is 1. The van der Waals surface area contributed by atoms with Crippen molar-refractivity contribution in [3.05, 3.63) is 53.1 Å². The maximum absolute atomic E-state index is 12.5. The van der Waals surface area contributed by atoms with Gasteiger partial charge in [-0.25, -0.2) is 5.43 Å². The maximum atomic E-state index is 12.5. The molecule has 184 valence electrons. The van der Waals surface area contributed by atoms with Crippen LogP contribution >= 0.6 is 23.4 Å². The van der Waals surface area contributed by atoms with Crippen LogP contribution in [0.2, 0.25) is 5.02 Å². The minimum absolute atomic E-state index is 0.165. The van der Waals surface area contributed by atoms with Gasteiger partial charge in [-0.2, -0.15) is 5.10 Å². The lowest BCUT2D eigenvalue weighted by Gasteiger charge is -2.25. The fourth-order valence-corrected chi connectivity index (χ4v) is 5.04. The highest BCUT2D eigenvalue weighted by Gasteiger charge is 2.24. The van der Waals surface area contributed by atoms with Gasteiger partial charge in [-0.15, -0.1) is 10.2 Å². The van der Waals surface area contributed by atoms with Gasteiger partial charge in [0.05, 0.1) is 26.2 Å². The van der Waals surface area contributed by atoms with E-state index in [0.717, 1.165) is 29.4 Å². The Bertz CT molecular complexity index is 1180. The first-order valence-electron chi connectivity index (χ1n) is 11.5. The predicted octanol–water partition coefficient (Wildman–Crippen LogP) is 5.36. The Balaban J connectivity index is 1.45. The lowest BCUT2D eigenvalue weighted by atomic mass is 9.95. The van der Waals surface area contributed by atoms with E-state index in [1.807, 2.05) is 24.3 Å². The van der Waals surface area contributed by atoms with Crippen LogP contribution in [-0.4, -0.2) is 46.9 Å². The first-order chi connectivity index (χ1) is 17.1. The van der Waals surface area contributed by atoms with E-state index in [9.17, 15) is 4.79 Å². The van der Waals surface area contributed by atoms with Crippen molar-refractivity contribution in [3.8, 4) is 22.9 Å². The molecule has 1 aromatic heterocycles. The summed E-state index contributed by atoms with van der Waals surface area (Å²) < 4.78 is 12.8. The van der Waals surface area contributed by atoms with E-state index in [4.69, 9.17) is 21.1 Å². The summed E-state index contributed by atoms with van der Waals surface area (Å²) in [7, 11) is 3.17. The molecule has 0 spiro atoms. The average molecular weight is 514 g/mol. The number of carbonyl (C=O) groups is 1. The fraction of sp³-hybridized carbons (Fsp3) is 0.360. The van der Waals surface area contributed by atoms with Gasteiger partial charge in [-0.05, 0) is 55.3 Å². The number of rotatable bonds is 9. The summed E-state index contributed by atoms with van der Waals surface area (Å²) in [5.41, 5.74) is 4.23. The van der Waals surface area contributed by atoms with Crippen molar-refractivity contribution in [3.63, 3.8) is 0 Å². The molecule has 8 nitrogen and oxygen atoms in total. The van der Waals surface area contributed by atoms with Crippen molar-refractivity contribution in [2.75, 3.05) is 20.0 Å². The number of hydrogen-bond donors (Lipinski definition) is 1. The van der Waals surface area contributed by atoms with Crippen LogP contribution in [0.3, 0.4) is 0 Å². The molecule has 1 heterocycles. The van der Waals surface area contributed by atoms with Gasteiger partial charge in [0.1, 0.15) is 11.5 Å². The zero-order valence-corrected chi connectivity index (χ0v) is 21.3. The second kappa shape index (κ2) is 12.1. The van der Waals surface area contributed by atoms with Crippen LogP contribution in [0.1, 0.15) is 43.7 Å². The van der Waals surface area contributed by atoms with Gasteiger partial charge in [-0.1, -0.05) is 42.6 Å². The fourth-order valence-electron chi connectivity index (χ4n) is 4.12. The number of hydrazone groups is 1. The highest BCUT2D eigenvalue weighted by Crippen LogP contribution is 2.35. The number of amides is 1. The Morgan fingerprint density at radius 2 is 1.91 bits per heavy atom. The molecule has 1 amide bonds. The number of ether oxygens (including phenoxy) is 2. The molecule has 0 unspecified atom stereocenters. The Morgan fingerprint density at radius 3 is 2.63 bits per heavy atom. The number of benzene rings is 2. The molecule has 10 heteroatoms. The molecule has 1 aliphatic carbocycles. The quantitative estimate of drug-likeness (QED) is 0.235. The van der Waals surface area contributed by atoms with Gasteiger partial charge < -0.3 is 9.47 Å². The van der Waals surface area contributed by atoms with Gasteiger partial charge in [0, 0.05) is 22.2 Å². The number of carbonyl (C=O) groups excluding carboxylic acids is 1. The molecule has 2 aromatic carbocycles. The molecule has 1 saturated carbocycles. The topological polar surface area (TPSA) is 90.6 Å². The molecule has 1 aliphatic rings. The van der Waals surface area contributed by atoms with Gasteiger partial charge in [0.25, 0.3) is 5.91 Å². The summed E-state index contributed by atoms with van der Waals surface area (Å²) in [5.74, 6) is 2.04. The smallest absolute Gasteiger partial charge is 0.250 e. The molecule has 3 aromatic rings. The highest BCUT2D eigenvalue weighted by atomic mass is 35.5. The average Bonchev–Trinajstić information content (AvgIpc) is 3.32. The number of thioether (sulfide) groups is 1. The molecule has 0 bridgehead atoms. The van der Waals surface area contributed by atoms with Crippen LogP contribution in [0, 0.1) is 0 Å². The third-order valence-electron chi connectivity index (χ3n) is 5.87. The Labute approximate surface area is 214 Å². The van der Waals surface area contributed by atoms with E-state index in [1.54, 1.807) is 32.4 Å². The number of halogens is 1. The van der Waals surface area contributed by atoms with E-state index >= 15 is 0 Å². The molecular formula is C25H28ClN5O3S. The monoisotopic (exact) mass is 513 g/mol. The van der Waals surface area contributed by atoms with Crippen LogP contribution in [0.5, 0.6) is 11.5 Å². The highest BCUT2D eigenvalue weighted by molar-refractivity contribution is 7.99. The third kappa shape index (κ3) is 6.35. The first-order valence-corrected chi connectivity index (χ1v) is 12.8. The largest absolute Gasteiger partial charge is 0.497 e. The number of aromatic nitrogens is 3. The van der Waals surface area contributed by atoms with Crippen LogP contribution < -0.4 is 14.9 Å². The van der Waals surface area contributed by atoms with E-state index in [2.05, 4.69) is 25.3 Å². The molecule has 35 heavy (non-hydrogen) atoms. The lowest BCUT2D eigenvalue weighted by Crippen LogP contribution is -2.20. The van der Waals surface area contributed by atoms with E-state index < -0.39 is 0 Å². The van der Waals surface area contributed by atoms with E-state index in [-0.39, 0.29) is 11.7 Å². The normalized spacial score (nSPS) is 14.3. The van der Waals surface area contributed by atoms with Crippen LogP contribution in [-0.2, 0) is 4.79 Å². The SMILES string of the molecule is COc1ccc(OC)c(C=NNC(=O)CSc2nnc(-c3ccc(Cl)cc3)n2C2CCCCC2)c1. The van der Waals surface area contributed by atoms with Crippen LogP contribution in [0.4, 0.5) is 0 Å². The van der Waals surface area contributed by atoms with Gasteiger partial charge in [-0.3, -0.25) is 9.36 Å². The van der Waals surface area contributed by atoms with Gasteiger partial charge >= 0.3 is 0 Å². The number of nitrogens with zero attached hydrogens (tertiary/aromatic N) is 4. The second-order valence-corrected chi connectivity index (χ2v) is 9.54. The molecule has 4 rings (SSSR count). The van der Waals surface area contributed by atoms with Crippen molar-refractivity contribution < 1.29 is 14.3 Å². The summed E-state index contributed by atoms with van der Waals surface area (Å²) in [5, 5.41) is 14.4. The molecule has 0 atom stereocenters. The first kappa shape index (κ1) is 25.1. The lowest BCUT2D eigenvalue weighted by molar-refractivity contribution is -0.118. The summed E-state index contributed by atoms with van der Waals surface area (Å²) in [6.07, 6.45) is 7.28. The Morgan fingerprint density at radius 1 is 1.14 bits per heavy atom. The minimum Gasteiger partial charge on any atom is -0.497 e. The van der Waals surface area contributed by atoms with Crippen molar-refractivity contribution >= 4 is 35.5 Å². The van der Waals surface area contributed by atoms with Crippen LogP contribution in [0.25, 0.3) is 11.4 Å². The predicted molar refractivity (Wildman–Crippen MR) is 139 cm³/mol. The van der Waals surface area contributed by atoms with Crippen molar-refractivity contribution in [2.24, 2.45) is 5.10 Å². The summed E-state index contributed by atoms with van der Waals surface area (Å²) >= 11 is 7.43. The van der Waals surface area contributed by atoms with Gasteiger partial charge in [0.2, 0.25) is 0 Å². The summed E-state index contributed by atoms with van der Waals surface area (Å²) in [6.45, 7) is 0. The summed E-state index contributed by atoms with van der Waals surface area (Å²) in [4.78, 5) is 12.5. The van der Waals surface area contributed by atoms with Crippen LogP contribution in [0.15, 0.2) is 52.7 Å². The number of hydrogen-bond acceptors (Lipinski definition) is 7. The van der Waals surface area contributed by atoms with Crippen molar-refractivity contribution in [2.45, 2.75) is 43.3 Å². The summed E-state index contributed by atoms with van der Waals surface area (Å²) in [6, 6.07) is 13.3. The zero-order valence-electron chi connectivity index (χ0n) is 19.7. The molecule has 1 fully saturated rings. The Kier molecular flexibility index (Phi) is 8.65. The molecule has 0 saturated heterocycles. The zero-order chi connectivity index (χ0) is 24.6. The molecule has 0 radical (unpaired) electrons. The van der Waals surface area contributed by atoms with E-state index in [1.165, 1.54) is 37.2 Å². The number of methoxy groups -OCH3 is 2. The Hall–Kier alpha value is -3.04. The van der Waals surface area contributed by atoms with Crippen molar-refractivity contribution in [1.29, 1.82) is 0 Å². The third-order valence-corrected chi connectivity index (χ3v) is 7.06. The molecule has 0 aliphatic heterocycles. The molecular weight excluding hydrogens is 486 g/mol. The minimum atomic E-state index is -0.237. The van der Waals surface area contributed by atoms with E-state index in [0.29, 0.717) is 28.1 Å². The van der Waals surface area contributed by atoms with Gasteiger partial charge in [0.15, 0.2) is 11.0 Å². The second-order valence-electron chi connectivity index (χ2n) is 8.16. The maximum Gasteiger partial charge on any atom is 0.250 e. The standard InChI is InChI=1S/C25H28ClN5O3S/c1-33-21-12-13-22(34-2)18(14-21)15-27-28-23(32)16-35-25-30-29-24(17-8-10-19(26)11-9-17)31(25)20-6-4-3-5-7-20/h8-15,20H,3-7,16H2,1-2H3,(H,28,32). The molecule has 1 N–H and O–H groups in total.